The van der Waals surface area contributed by atoms with E-state index in [0.29, 0.717) is 23.5 Å². The first kappa shape index (κ1) is 47.5. The average molecular weight is 781 g/mol. The predicted molar refractivity (Wildman–Crippen MR) is 240 cm³/mol. The molecule has 0 spiro atoms. The second-order valence-corrected chi connectivity index (χ2v) is 15.9. The fraction of sp³-hybridized carbons (Fsp3) is 0.577. The molecule has 0 aliphatic carbocycles. The van der Waals surface area contributed by atoms with Gasteiger partial charge < -0.3 is 14.2 Å². The van der Waals surface area contributed by atoms with Crippen LogP contribution >= 0.6 is 0 Å². The molecule has 0 aliphatic rings. The third kappa shape index (κ3) is 23.2. The zero-order valence-electron chi connectivity index (χ0n) is 35.9. The molecule has 0 saturated carbocycles. The minimum absolute atomic E-state index is 0.166. The van der Waals surface area contributed by atoms with E-state index in [-0.39, 0.29) is 5.78 Å². The molecular formula is C52H76O5. The molecule has 0 saturated heterocycles. The van der Waals surface area contributed by atoms with Crippen LogP contribution in [0.15, 0.2) is 78.9 Å². The smallest absolute Gasteiger partial charge is 0.343 e. The molecule has 5 heteroatoms. The normalized spacial score (nSPS) is 11.3. The van der Waals surface area contributed by atoms with E-state index in [1.165, 1.54) is 154 Å². The van der Waals surface area contributed by atoms with Crippen molar-refractivity contribution in [3.05, 3.63) is 95.6 Å². The number of carbonyl (C=O) groups is 2. The van der Waals surface area contributed by atoms with Gasteiger partial charge in [-0.05, 0) is 73.0 Å². The van der Waals surface area contributed by atoms with E-state index < -0.39 is 5.97 Å². The first-order valence-electron chi connectivity index (χ1n) is 23.1. The number of hydrogen-bond donors (Lipinski definition) is 0. The fourth-order valence-electron chi connectivity index (χ4n) is 7.13. The molecule has 3 aromatic carbocycles. The summed E-state index contributed by atoms with van der Waals surface area (Å²) in [5.74, 6) is 1.27. The maximum atomic E-state index is 13.0. The Kier molecular flexibility index (Phi) is 26.8. The van der Waals surface area contributed by atoms with Crippen molar-refractivity contribution in [2.75, 3.05) is 13.2 Å². The fourth-order valence-corrected chi connectivity index (χ4v) is 7.13. The van der Waals surface area contributed by atoms with Crippen LogP contribution in [0.25, 0.3) is 6.08 Å². The Morgan fingerprint density at radius 3 is 1.28 bits per heavy atom. The van der Waals surface area contributed by atoms with Gasteiger partial charge >= 0.3 is 5.97 Å². The summed E-state index contributed by atoms with van der Waals surface area (Å²) in [7, 11) is 0. The van der Waals surface area contributed by atoms with Gasteiger partial charge in [0.15, 0.2) is 5.78 Å². The first-order valence-corrected chi connectivity index (χ1v) is 23.1. The van der Waals surface area contributed by atoms with Crippen LogP contribution < -0.4 is 14.2 Å². The molecule has 314 valence electrons. The molecule has 0 amide bonds. The molecule has 0 N–H and O–H groups in total. The van der Waals surface area contributed by atoms with Gasteiger partial charge in [0.05, 0.1) is 18.8 Å². The molecule has 3 rings (SSSR count). The lowest BCUT2D eigenvalue weighted by Gasteiger charge is -2.08. The summed E-state index contributed by atoms with van der Waals surface area (Å²) >= 11 is 0. The number of ether oxygens (including phenoxy) is 3. The molecule has 0 bridgehead atoms. The number of hydrogen-bond acceptors (Lipinski definition) is 5. The largest absolute Gasteiger partial charge is 0.494 e. The minimum atomic E-state index is -0.478. The van der Waals surface area contributed by atoms with Crippen molar-refractivity contribution in [2.45, 2.75) is 181 Å². The van der Waals surface area contributed by atoms with Crippen molar-refractivity contribution < 1.29 is 23.8 Å². The van der Waals surface area contributed by atoms with E-state index in [9.17, 15) is 9.59 Å². The van der Waals surface area contributed by atoms with Crippen LogP contribution in [0.1, 0.15) is 207 Å². The second-order valence-electron chi connectivity index (χ2n) is 15.9. The topological polar surface area (TPSA) is 61.8 Å². The summed E-state index contributed by atoms with van der Waals surface area (Å²) in [6.45, 7) is 5.95. The molecule has 57 heavy (non-hydrogen) atoms. The van der Waals surface area contributed by atoms with Crippen molar-refractivity contribution >= 4 is 17.8 Å². The number of carbonyl (C=O) groups excluding carboxylic acids is 2. The number of allylic oxidation sites excluding steroid dienone is 1. The number of esters is 1. The lowest BCUT2D eigenvalue weighted by atomic mass is 10.0. The third-order valence-electron chi connectivity index (χ3n) is 10.8. The molecular weight excluding hydrogens is 705 g/mol. The zero-order chi connectivity index (χ0) is 40.4. The summed E-state index contributed by atoms with van der Waals surface area (Å²) in [6.07, 6.45) is 38.0. The van der Waals surface area contributed by atoms with Crippen LogP contribution in [0.2, 0.25) is 0 Å². The van der Waals surface area contributed by atoms with Crippen LogP contribution in [0.4, 0.5) is 0 Å². The molecule has 0 aliphatic heterocycles. The SMILES string of the molecule is CCCCCCCCCCCCCCCCCCOc1ccc(/C=C/C(=O)c2cccc(OC(=O)c3ccc(OCCCCCCCCCCCC)cc3)c2)cc1. The Morgan fingerprint density at radius 1 is 0.439 bits per heavy atom. The lowest BCUT2D eigenvalue weighted by Crippen LogP contribution is -2.09. The van der Waals surface area contributed by atoms with Gasteiger partial charge in [-0.2, -0.15) is 0 Å². The Labute approximate surface area is 347 Å². The maximum Gasteiger partial charge on any atom is 0.343 e. The Balaban J connectivity index is 1.24. The second kappa shape index (κ2) is 32.1. The lowest BCUT2D eigenvalue weighted by molar-refractivity contribution is 0.0733. The van der Waals surface area contributed by atoms with Crippen molar-refractivity contribution in [1.29, 1.82) is 0 Å². The summed E-state index contributed by atoms with van der Waals surface area (Å²) < 4.78 is 17.5. The molecule has 0 aromatic heterocycles. The molecule has 5 nitrogen and oxygen atoms in total. The van der Waals surface area contributed by atoms with Gasteiger partial charge in [-0.25, -0.2) is 4.79 Å². The highest BCUT2D eigenvalue weighted by molar-refractivity contribution is 6.07. The predicted octanol–water partition coefficient (Wildman–Crippen LogP) is 15.7. The summed E-state index contributed by atoms with van der Waals surface area (Å²) in [4.78, 5) is 25.8. The zero-order valence-corrected chi connectivity index (χ0v) is 35.9. The van der Waals surface area contributed by atoms with Crippen LogP contribution in [0, 0.1) is 0 Å². The maximum absolute atomic E-state index is 13.0. The van der Waals surface area contributed by atoms with Crippen molar-refractivity contribution in [1.82, 2.24) is 0 Å². The van der Waals surface area contributed by atoms with Crippen molar-refractivity contribution in [3.63, 3.8) is 0 Å². The Bertz CT molecular complexity index is 1480. The third-order valence-corrected chi connectivity index (χ3v) is 10.8. The van der Waals surface area contributed by atoms with E-state index >= 15 is 0 Å². The van der Waals surface area contributed by atoms with Gasteiger partial charge in [0.2, 0.25) is 0 Å². The van der Waals surface area contributed by atoms with Gasteiger partial charge in [0.25, 0.3) is 0 Å². The first-order chi connectivity index (χ1) is 28.1. The van der Waals surface area contributed by atoms with E-state index in [1.54, 1.807) is 60.7 Å². The van der Waals surface area contributed by atoms with Gasteiger partial charge in [-0.15, -0.1) is 0 Å². The molecule has 0 atom stereocenters. The summed E-state index contributed by atoms with van der Waals surface area (Å²) in [5.41, 5.74) is 1.79. The molecule has 0 unspecified atom stereocenters. The van der Waals surface area contributed by atoms with Gasteiger partial charge in [0.1, 0.15) is 17.2 Å². The van der Waals surface area contributed by atoms with Crippen molar-refractivity contribution in [2.24, 2.45) is 0 Å². The quantitative estimate of drug-likeness (QED) is 0.0196. The minimum Gasteiger partial charge on any atom is -0.494 e. The molecule has 0 heterocycles. The molecule has 3 aromatic rings. The number of ketones is 1. The van der Waals surface area contributed by atoms with Crippen LogP contribution in [-0.4, -0.2) is 25.0 Å². The van der Waals surface area contributed by atoms with Gasteiger partial charge in [-0.1, -0.05) is 198 Å². The van der Waals surface area contributed by atoms with E-state index in [0.717, 1.165) is 36.5 Å². The van der Waals surface area contributed by atoms with Crippen molar-refractivity contribution in [3.8, 4) is 17.2 Å². The highest BCUT2D eigenvalue weighted by atomic mass is 16.5. The molecule has 0 radical (unpaired) electrons. The van der Waals surface area contributed by atoms with E-state index in [4.69, 9.17) is 14.2 Å². The highest BCUT2D eigenvalue weighted by Gasteiger charge is 2.11. The van der Waals surface area contributed by atoms with Crippen LogP contribution in [0.5, 0.6) is 17.2 Å². The van der Waals surface area contributed by atoms with Crippen LogP contribution in [-0.2, 0) is 0 Å². The molecule has 0 fully saturated rings. The monoisotopic (exact) mass is 781 g/mol. The Morgan fingerprint density at radius 2 is 0.842 bits per heavy atom. The van der Waals surface area contributed by atoms with Gasteiger partial charge in [0, 0.05) is 5.56 Å². The summed E-state index contributed by atoms with van der Waals surface area (Å²) in [5, 5.41) is 0. The standard InChI is InChI=1S/C52H76O5/c1-3-5-7-9-11-13-15-16-17-18-19-20-22-24-25-27-42-55-48-37-32-45(33-38-48)34-41-51(53)47-30-29-31-50(44-47)57-52(54)46-35-39-49(40-36-46)56-43-28-26-23-21-14-12-10-8-6-4-2/h29-41,44H,3-28,42-43H2,1-2H3/b41-34+. The summed E-state index contributed by atoms with van der Waals surface area (Å²) in [6, 6.07) is 21.6. The number of benzene rings is 3. The van der Waals surface area contributed by atoms with Crippen LogP contribution in [0.3, 0.4) is 0 Å². The highest BCUT2D eigenvalue weighted by Crippen LogP contribution is 2.20. The number of unbranched alkanes of at least 4 members (excludes halogenated alkanes) is 24. The average Bonchev–Trinajstić information content (AvgIpc) is 3.23. The van der Waals surface area contributed by atoms with E-state index in [1.807, 2.05) is 24.3 Å². The number of rotatable bonds is 35. The Hall–Kier alpha value is -3.86. The van der Waals surface area contributed by atoms with E-state index in [2.05, 4.69) is 13.8 Å². The van der Waals surface area contributed by atoms with Gasteiger partial charge in [-0.3, -0.25) is 4.79 Å².